The van der Waals surface area contributed by atoms with Crippen molar-refractivity contribution < 1.29 is 0 Å². The molecule has 0 saturated carbocycles. The van der Waals surface area contributed by atoms with Gasteiger partial charge in [0.05, 0.1) is 4.47 Å². The first-order valence-electron chi connectivity index (χ1n) is 4.67. The Morgan fingerprint density at radius 2 is 1.76 bits per heavy atom. The third-order valence-corrected chi connectivity index (χ3v) is 3.95. The van der Waals surface area contributed by atoms with Gasteiger partial charge in [-0.2, -0.15) is 0 Å². The molecule has 0 atom stereocenters. The number of aromatic nitrogens is 2. The minimum Gasteiger partial charge on any atom is -0.240 e. The van der Waals surface area contributed by atoms with Crippen LogP contribution in [0.3, 0.4) is 0 Å². The maximum Gasteiger partial charge on any atom is 0.146 e. The van der Waals surface area contributed by atoms with Gasteiger partial charge in [0.1, 0.15) is 11.0 Å². The average molecular weight is 352 g/mol. The van der Waals surface area contributed by atoms with Crippen molar-refractivity contribution in [1.29, 1.82) is 0 Å². The Morgan fingerprint density at radius 3 is 2.35 bits per heavy atom. The molecule has 0 spiro atoms. The molecule has 0 bridgehead atoms. The van der Waals surface area contributed by atoms with Crippen molar-refractivity contribution in [2.75, 3.05) is 0 Å². The average Bonchev–Trinajstić information content (AvgIpc) is 2.28. The third-order valence-electron chi connectivity index (χ3n) is 2.15. The number of nitrogens with zero attached hydrogens (tertiary/aromatic N) is 2. The minimum atomic E-state index is 0.373. The first-order valence-corrected chi connectivity index (χ1v) is 6.60. The van der Waals surface area contributed by atoms with Gasteiger partial charge in [-0.05, 0) is 33.6 Å². The van der Waals surface area contributed by atoms with Gasteiger partial charge in [0.25, 0.3) is 0 Å². The molecule has 0 N–H and O–H groups in total. The van der Waals surface area contributed by atoms with Crippen molar-refractivity contribution in [3.63, 3.8) is 0 Å². The van der Waals surface area contributed by atoms with Crippen LogP contribution in [-0.4, -0.2) is 9.97 Å². The maximum atomic E-state index is 6.07. The molecule has 2 rings (SSSR count). The zero-order valence-corrected chi connectivity index (χ0v) is 12.3. The van der Waals surface area contributed by atoms with E-state index in [-0.39, 0.29) is 0 Å². The molecule has 1 aromatic carbocycles. The van der Waals surface area contributed by atoms with Gasteiger partial charge in [0.15, 0.2) is 0 Å². The lowest BCUT2D eigenvalue weighted by molar-refractivity contribution is 0.962. The molecule has 6 heteroatoms. The summed E-state index contributed by atoms with van der Waals surface area (Å²) in [6, 6.07) is 5.36. The maximum absolute atomic E-state index is 6.07. The van der Waals surface area contributed by atoms with Crippen LogP contribution in [0.25, 0.3) is 0 Å². The van der Waals surface area contributed by atoms with E-state index in [4.69, 9.17) is 34.8 Å². The van der Waals surface area contributed by atoms with Crippen molar-refractivity contribution in [2.24, 2.45) is 0 Å². The lowest BCUT2D eigenvalue weighted by Gasteiger charge is -2.06. The Morgan fingerprint density at radius 1 is 1.12 bits per heavy atom. The Kier molecular flexibility index (Phi) is 4.26. The lowest BCUT2D eigenvalue weighted by Crippen LogP contribution is -1.98. The molecular weight excluding hydrogens is 346 g/mol. The Bertz CT molecular complexity index is 540. The van der Waals surface area contributed by atoms with Crippen molar-refractivity contribution in [1.82, 2.24) is 9.97 Å². The molecule has 0 fully saturated rings. The second-order valence-corrected chi connectivity index (χ2v) is 5.33. The van der Waals surface area contributed by atoms with Crippen molar-refractivity contribution in [2.45, 2.75) is 6.42 Å². The fourth-order valence-corrected chi connectivity index (χ4v) is 2.19. The summed E-state index contributed by atoms with van der Waals surface area (Å²) in [6.45, 7) is 0. The highest BCUT2D eigenvalue weighted by Crippen LogP contribution is 2.27. The van der Waals surface area contributed by atoms with Crippen LogP contribution in [0.5, 0.6) is 0 Å². The molecule has 0 saturated heterocycles. The highest BCUT2D eigenvalue weighted by atomic mass is 79.9. The van der Waals surface area contributed by atoms with Gasteiger partial charge >= 0.3 is 0 Å². The number of rotatable bonds is 2. The van der Waals surface area contributed by atoms with Crippen LogP contribution < -0.4 is 0 Å². The molecular formula is C11H6BrCl3N2. The number of hydrogen-bond acceptors (Lipinski definition) is 2. The first kappa shape index (κ1) is 13.1. The van der Waals surface area contributed by atoms with Crippen molar-refractivity contribution >= 4 is 50.7 Å². The molecule has 0 aliphatic carbocycles. The van der Waals surface area contributed by atoms with E-state index in [1.807, 2.05) is 0 Å². The summed E-state index contributed by atoms with van der Waals surface area (Å²) in [4.78, 5) is 8.30. The van der Waals surface area contributed by atoms with E-state index in [1.54, 1.807) is 24.4 Å². The quantitative estimate of drug-likeness (QED) is 0.726. The molecule has 2 aromatic rings. The van der Waals surface area contributed by atoms with Crippen LogP contribution in [-0.2, 0) is 6.42 Å². The highest BCUT2D eigenvalue weighted by molar-refractivity contribution is 9.10. The summed E-state index contributed by atoms with van der Waals surface area (Å²) in [5.41, 5.74) is 0.800. The Balaban J connectivity index is 2.35. The van der Waals surface area contributed by atoms with E-state index in [9.17, 15) is 0 Å². The van der Waals surface area contributed by atoms with Crippen LogP contribution in [0.2, 0.25) is 15.2 Å². The fraction of sp³-hybridized carbons (Fsp3) is 0.0909. The van der Waals surface area contributed by atoms with Gasteiger partial charge in [0, 0.05) is 22.7 Å². The predicted octanol–water partition coefficient (Wildman–Crippen LogP) is 4.79. The number of benzene rings is 1. The van der Waals surface area contributed by atoms with Crippen LogP contribution in [0.1, 0.15) is 11.4 Å². The molecule has 0 radical (unpaired) electrons. The second-order valence-electron chi connectivity index (χ2n) is 3.30. The van der Waals surface area contributed by atoms with E-state index in [2.05, 4.69) is 25.9 Å². The molecule has 0 aliphatic heterocycles. The zero-order valence-electron chi connectivity index (χ0n) is 8.42. The molecule has 2 nitrogen and oxygen atoms in total. The second kappa shape index (κ2) is 5.53. The Labute approximate surface area is 122 Å². The fourth-order valence-electron chi connectivity index (χ4n) is 1.32. The monoisotopic (exact) mass is 350 g/mol. The van der Waals surface area contributed by atoms with Gasteiger partial charge in [-0.1, -0.05) is 40.9 Å². The largest absolute Gasteiger partial charge is 0.240 e. The van der Waals surface area contributed by atoms with Gasteiger partial charge < -0.3 is 0 Å². The summed E-state index contributed by atoms with van der Waals surface area (Å²) in [6.07, 6.45) is 2.06. The van der Waals surface area contributed by atoms with Gasteiger partial charge in [-0.25, -0.2) is 9.97 Å². The lowest BCUT2D eigenvalue weighted by atomic mass is 10.1. The van der Waals surface area contributed by atoms with E-state index in [1.165, 1.54) is 0 Å². The summed E-state index contributed by atoms with van der Waals surface area (Å²) in [5, 5.41) is 1.57. The standard InChI is InChI=1S/C11H6BrCl3N2/c12-7-5-16-10(17-11(7)15)4-6-8(13)2-1-3-9(6)14/h1-3,5H,4H2. The molecule has 0 unspecified atom stereocenters. The smallest absolute Gasteiger partial charge is 0.146 e. The van der Waals surface area contributed by atoms with Crippen LogP contribution in [0, 0.1) is 0 Å². The van der Waals surface area contributed by atoms with E-state index < -0.39 is 0 Å². The molecule has 17 heavy (non-hydrogen) atoms. The predicted molar refractivity (Wildman–Crippen MR) is 74.0 cm³/mol. The molecule has 1 heterocycles. The molecule has 1 aromatic heterocycles. The van der Waals surface area contributed by atoms with E-state index >= 15 is 0 Å². The third kappa shape index (κ3) is 3.10. The summed E-state index contributed by atoms with van der Waals surface area (Å²) in [7, 11) is 0. The van der Waals surface area contributed by atoms with Gasteiger partial charge in [-0.15, -0.1) is 0 Å². The molecule has 0 amide bonds. The van der Waals surface area contributed by atoms with Crippen LogP contribution >= 0.6 is 50.7 Å². The van der Waals surface area contributed by atoms with Crippen LogP contribution in [0.4, 0.5) is 0 Å². The summed E-state index contributed by atoms with van der Waals surface area (Å²) >= 11 is 21.3. The SMILES string of the molecule is Clc1cccc(Cl)c1Cc1ncc(Br)c(Cl)n1. The van der Waals surface area contributed by atoms with Gasteiger partial charge in [0.2, 0.25) is 0 Å². The van der Waals surface area contributed by atoms with Crippen molar-refractivity contribution in [3.8, 4) is 0 Å². The van der Waals surface area contributed by atoms with Gasteiger partial charge in [-0.3, -0.25) is 0 Å². The summed E-state index contributed by atoms with van der Waals surface area (Å²) in [5.74, 6) is 0.577. The minimum absolute atomic E-state index is 0.373. The zero-order chi connectivity index (χ0) is 12.4. The van der Waals surface area contributed by atoms with E-state index in [0.717, 1.165) is 5.56 Å². The highest BCUT2D eigenvalue weighted by Gasteiger charge is 2.09. The summed E-state index contributed by atoms with van der Waals surface area (Å²) < 4.78 is 0.660. The van der Waals surface area contributed by atoms with Crippen LogP contribution in [0.15, 0.2) is 28.9 Å². The topological polar surface area (TPSA) is 25.8 Å². The number of halogens is 4. The first-order chi connectivity index (χ1) is 8.08. The molecule has 0 aliphatic rings. The van der Waals surface area contributed by atoms with Crippen molar-refractivity contribution in [3.05, 3.63) is 55.5 Å². The molecule has 88 valence electrons. The van der Waals surface area contributed by atoms with E-state index in [0.29, 0.717) is 31.9 Å². The Hall–Kier alpha value is -0.350. The normalized spacial score (nSPS) is 10.6. The number of hydrogen-bond donors (Lipinski definition) is 0.